The third-order valence-electron chi connectivity index (χ3n) is 4.99. The van der Waals surface area contributed by atoms with Crippen LogP contribution in [0.2, 0.25) is 0 Å². The Balaban J connectivity index is 1.98. The summed E-state index contributed by atoms with van der Waals surface area (Å²) in [6, 6.07) is 0.562. The van der Waals surface area contributed by atoms with Gasteiger partial charge in [0.15, 0.2) is 11.6 Å². The molecule has 1 unspecified atom stereocenters. The van der Waals surface area contributed by atoms with E-state index in [0.717, 1.165) is 12.3 Å². The Labute approximate surface area is 199 Å². The number of halogens is 3. The van der Waals surface area contributed by atoms with Gasteiger partial charge >= 0.3 is 6.03 Å². The van der Waals surface area contributed by atoms with Gasteiger partial charge in [-0.2, -0.15) is 0 Å². The van der Waals surface area contributed by atoms with Crippen LogP contribution in [0, 0.1) is 22.9 Å². The van der Waals surface area contributed by atoms with Crippen LogP contribution >= 0.6 is 11.8 Å². The molecule has 0 fully saturated rings. The number of hydrogen-bond acceptors (Lipinski definition) is 6. The summed E-state index contributed by atoms with van der Waals surface area (Å²) in [5, 5.41) is 9.89. The summed E-state index contributed by atoms with van der Waals surface area (Å²) in [4.78, 5) is 24.1. The fourth-order valence-corrected chi connectivity index (χ4v) is 3.47. The molecule has 8 nitrogen and oxygen atoms in total. The van der Waals surface area contributed by atoms with E-state index in [-0.39, 0.29) is 30.7 Å². The largest absolute Gasteiger partial charge is 0.400 e. The number of nitrogens with one attached hydrogen (secondary N) is 2. The maximum absolute atomic E-state index is 14.3. The SMILES string of the molecule is CSC=NC1C=CC(N=C2NC(=O)N(CC=N)C=CN2Cc2cc(F)c(F)cc2F)=C(N)CC1. The number of hydrogen-bond donors (Lipinski definition) is 3. The van der Waals surface area contributed by atoms with E-state index in [2.05, 4.69) is 15.3 Å². The van der Waals surface area contributed by atoms with Gasteiger partial charge in [-0.1, -0.05) is 6.08 Å². The average Bonchev–Trinajstić information content (AvgIpc) is 3.06. The van der Waals surface area contributed by atoms with Crippen LogP contribution < -0.4 is 11.1 Å². The summed E-state index contributed by atoms with van der Waals surface area (Å²) < 4.78 is 41.5. The number of carbonyl (C=O) groups is 1. The van der Waals surface area contributed by atoms with Gasteiger partial charge < -0.3 is 16.0 Å². The molecule has 4 N–H and O–H groups in total. The molecule has 1 aromatic rings. The third-order valence-corrected chi connectivity index (χ3v) is 5.33. The molecule has 0 spiro atoms. The van der Waals surface area contributed by atoms with E-state index in [0.29, 0.717) is 30.3 Å². The zero-order valence-corrected chi connectivity index (χ0v) is 19.2. The van der Waals surface area contributed by atoms with Crippen LogP contribution in [0.15, 0.2) is 58.1 Å². The molecule has 1 aromatic carbocycles. The second kappa shape index (κ2) is 11.5. The number of benzene rings is 1. The van der Waals surface area contributed by atoms with Crippen LogP contribution in [0.1, 0.15) is 18.4 Å². The lowest BCUT2D eigenvalue weighted by Gasteiger charge is -2.21. The summed E-state index contributed by atoms with van der Waals surface area (Å²) in [6.45, 7) is -0.266. The number of guanidine groups is 1. The van der Waals surface area contributed by atoms with Crippen LogP contribution in [0.25, 0.3) is 0 Å². The highest BCUT2D eigenvalue weighted by molar-refractivity contribution is 8.11. The number of aliphatic imine (C=N–C) groups is 2. The van der Waals surface area contributed by atoms with Crippen molar-refractivity contribution >= 4 is 35.5 Å². The Morgan fingerprint density at radius 3 is 2.71 bits per heavy atom. The highest BCUT2D eigenvalue weighted by Gasteiger charge is 2.23. The van der Waals surface area contributed by atoms with Gasteiger partial charge in [0.2, 0.25) is 5.96 Å². The second-order valence-electron chi connectivity index (χ2n) is 7.37. The molecule has 34 heavy (non-hydrogen) atoms. The molecule has 180 valence electrons. The quantitative estimate of drug-likeness (QED) is 0.307. The van der Waals surface area contributed by atoms with Gasteiger partial charge in [0.05, 0.1) is 30.4 Å². The number of allylic oxidation sites excluding steroid dienone is 2. The Kier molecular flexibility index (Phi) is 8.52. The molecule has 2 amide bonds. The van der Waals surface area contributed by atoms with Gasteiger partial charge in [-0.3, -0.25) is 15.2 Å². The first-order chi connectivity index (χ1) is 16.3. The molecule has 0 bridgehead atoms. The van der Waals surface area contributed by atoms with Crippen LogP contribution in [0.5, 0.6) is 0 Å². The Bertz CT molecular complexity index is 1100. The van der Waals surface area contributed by atoms with Crippen molar-refractivity contribution in [2.75, 3.05) is 12.8 Å². The van der Waals surface area contributed by atoms with Crippen molar-refractivity contribution < 1.29 is 18.0 Å². The molecular formula is C22H24F3N7OS. The molecule has 0 radical (unpaired) electrons. The fraction of sp³-hybridized carbons (Fsp3) is 0.273. The predicted octanol–water partition coefficient (Wildman–Crippen LogP) is 3.69. The first-order valence-electron chi connectivity index (χ1n) is 10.3. The van der Waals surface area contributed by atoms with Crippen molar-refractivity contribution in [3.05, 3.63) is 71.1 Å². The molecular weight excluding hydrogens is 467 g/mol. The number of nitrogens with zero attached hydrogens (tertiary/aromatic N) is 4. The molecule has 0 saturated carbocycles. The maximum Gasteiger partial charge on any atom is 0.328 e. The Morgan fingerprint density at radius 1 is 1.24 bits per heavy atom. The molecule has 1 atom stereocenters. The highest BCUT2D eigenvalue weighted by Crippen LogP contribution is 2.21. The van der Waals surface area contributed by atoms with E-state index < -0.39 is 23.5 Å². The molecule has 1 aliphatic heterocycles. The van der Waals surface area contributed by atoms with Gasteiger partial charge in [0.25, 0.3) is 0 Å². The zero-order chi connectivity index (χ0) is 24.7. The zero-order valence-electron chi connectivity index (χ0n) is 18.3. The van der Waals surface area contributed by atoms with Crippen molar-refractivity contribution in [3.63, 3.8) is 0 Å². The monoisotopic (exact) mass is 491 g/mol. The van der Waals surface area contributed by atoms with Crippen molar-refractivity contribution in [3.8, 4) is 0 Å². The van der Waals surface area contributed by atoms with Crippen LogP contribution in [-0.4, -0.2) is 52.4 Å². The van der Waals surface area contributed by atoms with E-state index in [9.17, 15) is 18.0 Å². The first kappa shape index (κ1) is 25.1. The van der Waals surface area contributed by atoms with E-state index in [1.165, 1.54) is 34.0 Å². The smallest absolute Gasteiger partial charge is 0.328 e. The highest BCUT2D eigenvalue weighted by atomic mass is 32.2. The minimum absolute atomic E-state index is 0.00605. The van der Waals surface area contributed by atoms with E-state index in [1.54, 1.807) is 11.6 Å². The third kappa shape index (κ3) is 6.28. The number of carbonyl (C=O) groups excluding carboxylic acids is 1. The van der Waals surface area contributed by atoms with Gasteiger partial charge in [-0.05, 0) is 31.2 Å². The number of nitrogens with two attached hydrogens (primary N) is 1. The molecule has 1 heterocycles. The van der Waals surface area contributed by atoms with Crippen molar-refractivity contribution in [1.29, 1.82) is 5.41 Å². The molecule has 0 aromatic heterocycles. The van der Waals surface area contributed by atoms with Crippen LogP contribution in [0.3, 0.4) is 0 Å². The molecule has 1 aliphatic carbocycles. The van der Waals surface area contributed by atoms with Crippen molar-refractivity contribution in [2.24, 2.45) is 15.7 Å². The topological polar surface area (TPSA) is 110 Å². The Morgan fingerprint density at radius 2 is 1.97 bits per heavy atom. The molecule has 0 saturated heterocycles. The normalized spacial score (nSPS) is 20.2. The first-order valence-corrected chi connectivity index (χ1v) is 11.6. The van der Waals surface area contributed by atoms with E-state index in [4.69, 9.17) is 11.1 Å². The molecule has 12 heteroatoms. The van der Waals surface area contributed by atoms with E-state index in [1.807, 2.05) is 12.3 Å². The van der Waals surface area contributed by atoms with Gasteiger partial charge in [-0.25, -0.2) is 23.0 Å². The maximum atomic E-state index is 14.3. The van der Waals surface area contributed by atoms with Crippen LogP contribution in [0.4, 0.5) is 18.0 Å². The fourth-order valence-electron chi connectivity index (χ4n) is 3.19. The lowest BCUT2D eigenvalue weighted by molar-refractivity contribution is 0.225. The summed E-state index contributed by atoms with van der Waals surface area (Å²) in [5.74, 6) is -3.43. The average molecular weight is 492 g/mol. The predicted molar refractivity (Wildman–Crippen MR) is 128 cm³/mol. The number of thioether (sulfide) groups is 1. The van der Waals surface area contributed by atoms with Gasteiger partial charge in [0.1, 0.15) is 5.82 Å². The standard InChI is InChI=1S/C22H24F3N7OS/c1-34-13-28-15-2-4-19(27)20(5-3-15)29-21-30-22(33)31(7-6-26)8-9-32(21)12-14-10-17(24)18(25)11-16(14)23/h3,5-6,8-11,13,15,26H,2,4,7,12,27H2,1H3,(H,29,30,33). The van der Waals surface area contributed by atoms with Crippen molar-refractivity contribution in [1.82, 2.24) is 15.1 Å². The number of urea groups is 1. The van der Waals surface area contributed by atoms with E-state index >= 15 is 0 Å². The summed E-state index contributed by atoms with van der Waals surface area (Å²) in [5.41, 5.74) is 8.69. The molecule has 3 rings (SSSR count). The van der Waals surface area contributed by atoms with Crippen molar-refractivity contribution in [2.45, 2.75) is 25.4 Å². The lowest BCUT2D eigenvalue weighted by Crippen LogP contribution is -2.44. The summed E-state index contributed by atoms with van der Waals surface area (Å²) in [6.07, 6.45) is 10.5. The minimum atomic E-state index is -1.30. The minimum Gasteiger partial charge on any atom is -0.400 e. The summed E-state index contributed by atoms with van der Waals surface area (Å²) in [7, 11) is 0. The van der Waals surface area contributed by atoms with Gasteiger partial charge in [0, 0.05) is 35.9 Å². The second-order valence-corrected chi connectivity index (χ2v) is 8.05. The van der Waals surface area contributed by atoms with Gasteiger partial charge in [-0.15, -0.1) is 11.8 Å². The van der Waals surface area contributed by atoms with Crippen LogP contribution in [-0.2, 0) is 6.54 Å². The lowest BCUT2D eigenvalue weighted by atomic mass is 10.1. The molecule has 2 aliphatic rings. The number of rotatable bonds is 7. The summed E-state index contributed by atoms with van der Waals surface area (Å²) >= 11 is 1.48. The number of amides is 2. The Hall–Kier alpha value is -3.54.